The minimum absolute atomic E-state index is 0.0494. The van der Waals surface area contributed by atoms with Gasteiger partial charge in [-0.05, 0) is 54.1 Å². The number of methoxy groups -OCH3 is 1. The molecule has 1 saturated heterocycles. The standard InChI is InChI=1S/C19H17BrN4O3S/c1-27-15-8-2-12(3-9-15)11-21-24-19-23-18(26)16(28-19)10-17(25)22-14-6-4-13(20)5-7-14/h2-9,11,16H,10H2,1H3,(H,22,25)(H,23,24,26)/b21-11-/t16-/m1/s1. The van der Waals surface area contributed by atoms with Gasteiger partial charge >= 0.3 is 0 Å². The number of amidine groups is 1. The number of hydrogen-bond acceptors (Lipinski definition) is 6. The lowest BCUT2D eigenvalue weighted by Gasteiger charge is -2.07. The van der Waals surface area contributed by atoms with Crippen molar-refractivity contribution in [1.29, 1.82) is 0 Å². The molecule has 144 valence electrons. The SMILES string of the molecule is COc1ccc(/C=N\N=C2/NC(=O)[C@@H](CC(=O)Nc3ccc(Br)cc3)S2)cc1. The van der Waals surface area contributed by atoms with Crippen LogP contribution in [0.3, 0.4) is 0 Å². The molecule has 28 heavy (non-hydrogen) atoms. The summed E-state index contributed by atoms with van der Waals surface area (Å²) < 4.78 is 6.02. The molecule has 1 atom stereocenters. The van der Waals surface area contributed by atoms with Crippen LogP contribution >= 0.6 is 27.7 Å². The van der Waals surface area contributed by atoms with E-state index in [4.69, 9.17) is 4.74 Å². The molecule has 2 amide bonds. The summed E-state index contributed by atoms with van der Waals surface area (Å²) in [6.07, 6.45) is 1.63. The van der Waals surface area contributed by atoms with Crippen molar-refractivity contribution in [1.82, 2.24) is 5.32 Å². The lowest BCUT2D eigenvalue weighted by atomic mass is 10.2. The molecule has 0 unspecified atom stereocenters. The second-order valence-corrected chi connectivity index (χ2v) is 7.88. The van der Waals surface area contributed by atoms with Crippen molar-refractivity contribution < 1.29 is 14.3 Å². The Morgan fingerprint density at radius 1 is 1.25 bits per heavy atom. The maximum absolute atomic E-state index is 12.2. The Morgan fingerprint density at radius 3 is 2.64 bits per heavy atom. The number of carbonyl (C=O) groups is 2. The molecule has 9 heteroatoms. The number of rotatable bonds is 6. The zero-order valence-electron chi connectivity index (χ0n) is 14.9. The molecule has 0 saturated carbocycles. The Kier molecular flexibility index (Phi) is 6.83. The van der Waals surface area contributed by atoms with Crippen molar-refractivity contribution in [2.75, 3.05) is 12.4 Å². The monoisotopic (exact) mass is 460 g/mol. The predicted molar refractivity (Wildman–Crippen MR) is 115 cm³/mol. The topological polar surface area (TPSA) is 92.2 Å². The summed E-state index contributed by atoms with van der Waals surface area (Å²) in [6, 6.07) is 14.6. The highest BCUT2D eigenvalue weighted by Crippen LogP contribution is 2.23. The van der Waals surface area contributed by atoms with E-state index in [1.54, 1.807) is 25.5 Å². The van der Waals surface area contributed by atoms with Crippen LogP contribution in [0.2, 0.25) is 0 Å². The van der Waals surface area contributed by atoms with Gasteiger partial charge in [0.15, 0.2) is 5.17 Å². The van der Waals surface area contributed by atoms with Gasteiger partial charge in [-0.1, -0.05) is 27.7 Å². The van der Waals surface area contributed by atoms with Crippen molar-refractivity contribution in [3.05, 3.63) is 58.6 Å². The highest BCUT2D eigenvalue weighted by atomic mass is 79.9. The van der Waals surface area contributed by atoms with Crippen LogP contribution in [0.15, 0.2) is 63.2 Å². The van der Waals surface area contributed by atoms with Gasteiger partial charge in [0.05, 0.1) is 13.3 Å². The van der Waals surface area contributed by atoms with Crippen molar-refractivity contribution in [2.24, 2.45) is 10.2 Å². The van der Waals surface area contributed by atoms with Gasteiger partial charge in [-0.3, -0.25) is 9.59 Å². The molecule has 0 aliphatic carbocycles. The van der Waals surface area contributed by atoms with Gasteiger partial charge in [-0.15, -0.1) is 5.10 Å². The molecule has 2 aromatic rings. The third-order valence-electron chi connectivity index (χ3n) is 3.75. The van der Waals surface area contributed by atoms with Gasteiger partial charge in [0.2, 0.25) is 11.8 Å². The van der Waals surface area contributed by atoms with Crippen molar-refractivity contribution >= 4 is 56.6 Å². The van der Waals surface area contributed by atoms with Gasteiger partial charge < -0.3 is 15.4 Å². The Labute approximate surface area is 174 Å². The van der Waals surface area contributed by atoms with E-state index in [-0.39, 0.29) is 18.2 Å². The fourth-order valence-corrected chi connectivity index (χ4v) is 3.53. The highest BCUT2D eigenvalue weighted by molar-refractivity contribution is 9.10. The largest absolute Gasteiger partial charge is 0.497 e. The summed E-state index contributed by atoms with van der Waals surface area (Å²) in [5, 5.41) is 13.2. The van der Waals surface area contributed by atoms with Crippen molar-refractivity contribution in [3.8, 4) is 5.75 Å². The third kappa shape index (κ3) is 5.67. The zero-order chi connectivity index (χ0) is 19.9. The first-order valence-electron chi connectivity index (χ1n) is 8.31. The fraction of sp³-hybridized carbons (Fsp3) is 0.158. The molecule has 0 bridgehead atoms. The number of ether oxygens (including phenoxy) is 1. The highest BCUT2D eigenvalue weighted by Gasteiger charge is 2.32. The number of halogens is 1. The van der Waals surface area contributed by atoms with Crippen LogP contribution in [0.1, 0.15) is 12.0 Å². The lowest BCUT2D eigenvalue weighted by Crippen LogP contribution is -2.28. The molecule has 1 heterocycles. The molecule has 2 aromatic carbocycles. The van der Waals surface area contributed by atoms with Gasteiger partial charge in [0.25, 0.3) is 0 Å². The zero-order valence-corrected chi connectivity index (χ0v) is 17.3. The first kappa shape index (κ1) is 20.1. The Hall–Kier alpha value is -2.65. The van der Waals surface area contributed by atoms with E-state index >= 15 is 0 Å². The maximum Gasteiger partial charge on any atom is 0.240 e. The molecular formula is C19H17BrN4O3S. The summed E-state index contributed by atoms with van der Waals surface area (Å²) in [4.78, 5) is 24.2. The molecule has 1 aliphatic heterocycles. The summed E-state index contributed by atoms with van der Waals surface area (Å²) >= 11 is 4.53. The lowest BCUT2D eigenvalue weighted by molar-refractivity contribution is -0.122. The average Bonchev–Trinajstić information content (AvgIpc) is 3.03. The van der Waals surface area contributed by atoms with E-state index in [1.165, 1.54) is 11.8 Å². The van der Waals surface area contributed by atoms with Gasteiger partial charge in [0.1, 0.15) is 11.0 Å². The number of thioether (sulfide) groups is 1. The smallest absolute Gasteiger partial charge is 0.240 e. The van der Waals surface area contributed by atoms with Crippen LogP contribution in [0.25, 0.3) is 0 Å². The summed E-state index contributed by atoms with van der Waals surface area (Å²) in [5.41, 5.74) is 1.53. The number of nitrogens with zero attached hydrogens (tertiary/aromatic N) is 2. The third-order valence-corrected chi connectivity index (χ3v) is 5.35. The number of nitrogens with one attached hydrogen (secondary N) is 2. The summed E-state index contributed by atoms with van der Waals surface area (Å²) in [6.45, 7) is 0. The molecule has 0 spiro atoms. The second-order valence-electron chi connectivity index (χ2n) is 5.78. The van der Waals surface area contributed by atoms with E-state index in [2.05, 4.69) is 36.8 Å². The van der Waals surface area contributed by atoms with Crippen molar-refractivity contribution in [3.63, 3.8) is 0 Å². The van der Waals surface area contributed by atoms with Crippen LogP contribution in [-0.4, -0.2) is 35.6 Å². The first-order chi connectivity index (χ1) is 13.5. The van der Waals surface area contributed by atoms with Gasteiger partial charge in [-0.2, -0.15) is 5.10 Å². The minimum Gasteiger partial charge on any atom is -0.497 e. The maximum atomic E-state index is 12.2. The van der Waals surface area contributed by atoms with Gasteiger partial charge in [0, 0.05) is 16.6 Å². The number of amides is 2. The summed E-state index contributed by atoms with van der Waals surface area (Å²) in [5.74, 6) is 0.263. The molecule has 7 nitrogen and oxygen atoms in total. The minimum atomic E-state index is -0.537. The molecule has 0 aromatic heterocycles. The number of carbonyl (C=O) groups excluding carboxylic acids is 2. The molecule has 1 fully saturated rings. The number of anilines is 1. The van der Waals surface area contributed by atoms with E-state index in [1.807, 2.05) is 36.4 Å². The van der Waals surface area contributed by atoms with E-state index in [9.17, 15) is 9.59 Å². The normalized spacial score (nSPS) is 17.7. The number of benzene rings is 2. The van der Waals surface area contributed by atoms with Crippen LogP contribution in [0, 0.1) is 0 Å². The Morgan fingerprint density at radius 2 is 1.96 bits per heavy atom. The summed E-state index contributed by atoms with van der Waals surface area (Å²) in [7, 11) is 1.60. The first-order valence-corrected chi connectivity index (χ1v) is 9.99. The number of hydrogen-bond donors (Lipinski definition) is 2. The molecule has 3 rings (SSSR count). The van der Waals surface area contributed by atoms with E-state index < -0.39 is 5.25 Å². The van der Waals surface area contributed by atoms with Crippen LogP contribution in [0.5, 0.6) is 5.75 Å². The molecule has 0 radical (unpaired) electrons. The second kappa shape index (κ2) is 9.52. The Balaban J connectivity index is 1.53. The van der Waals surface area contributed by atoms with Crippen LogP contribution in [0.4, 0.5) is 5.69 Å². The predicted octanol–water partition coefficient (Wildman–Crippen LogP) is 3.41. The van der Waals surface area contributed by atoms with Crippen LogP contribution in [-0.2, 0) is 9.59 Å². The van der Waals surface area contributed by atoms with Crippen LogP contribution < -0.4 is 15.4 Å². The average molecular weight is 461 g/mol. The van der Waals surface area contributed by atoms with E-state index in [0.29, 0.717) is 10.9 Å². The van der Waals surface area contributed by atoms with E-state index in [0.717, 1.165) is 15.8 Å². The quantitative estimate of drug-likeness (QED) is 0.510. The van der Waals surface area contributed by atoms with Gasteiger partial charge in [-0.25, -0.2) is 0 Å². The fourth-order valence-electron chi connectivity index (χ4n) is 2.34. The Bertz CT molecular complexity index is 914. The molecule has 2 N–H and O–H groups in total. The molecule has 1 aliphatic rings. The van der Waals surface area contributed by atoms with Crippen molar-refractivity contribution in [2.45, 2.75) is 11.7 Å². The molecular weight excluding hydrogens is 444 g/mol.